The number of benzene rings is 1. The van der Waals surface area contributed by atoms with Gasteiger partial charge >= 0.3 is 17.5 Å². The van der Waals surface area contributed by atoms with Crippen LogP contribution >= 0.6 is 12.4 Å². The van der Waals surface area contributed by atoms with Crippen molar-refractivity contribution in [3.8, 4) is 0 Å². The second kappa shape index (κ2) is 10.9. The molecule has 2 heterocycles. The summed E-state index contributed by atoms with van der Waals surface area (Å²) in [7, 11) is 0. The number of amides is 1. The van der Waals surface area contributed by atoms with Crippen LogP contribution in [0.3, 0.4) is 0 Å². The number of aromatic nitrogens is 4. The van der Waals surface area contributed by atoms with Crippen LogP contribution in [0.1, 0.15) is 28.9 Å². The largest absolute Gasteiger partial charge is 0.481 e. The van der Waals surface area contributed by atoms with Crippen LogP contribution in [-0.2, 0) is 16.1 Å². The summed E-state index contributed by atoms with van der Waals surface area (Å²) in [5.41, 5.74) is 6.16. The van der Waals surface area contributed by atoms with Crippen molar-refractivity contribution >= 4 is 53.1 Å². The van der Waals surface area contributed by atoms with Gasteiger partial charge in [-0.05, 0) is 30.7 Å². The molecule has 3 aromatic rings. The normalized spacial score (nSPS) is 11.3. The third-order valence-corrected chi connectivity index (χ3v) is 4.56. The Bertz CT molecular complexity index is 1280. The Kier molecular flexibility index (Phi) is 8.28. The summed E-state index contributed by atoms with van der Waals surface area (Å²) in [5.74, 6) is 2.21. The number of hydrogen-bond donors (Lipinski definition) is 6. The SMILES string of the molecule is Cl.Nc1nc2ncc(CNc3ccc(C(=O)NC(CCC(=O)O)C(=O)O)cc3)nc2c(=O)n1N. The minimum atomic E-state index is -1.32. The summed E-state index contributed by atoms with van der Waals surface area (Å²) < 4.78 is 0.675. The Morgan fingerprint density at radius 3 is 2.41 bits per heavy atom. The van der Waals surface area contributed by atoms with Crippen molar-refractivity contribution in [1.29, 1.82) is 0 Å². The van der Waals surface area contributed by atoms with Gasteiger partial charge in [-0.2, -0.15) is 9.66 Å². The van der Waals surface area contributed by atoms with Crippen molar-refractivity contribution in [1.82, 2.24) is 24.9 Å². The lowest BCUT2D eigenvalue weighted by Crippen LogP contribution is -2.41. The van der Waals surface area contributed by atoms with E-state index in [0.717, 1.165) is 0 Å². The molecule has 2 aromatic heterocycles. The number of rotatable bonds is 9. The summed E-state index contributed by atoms with van der Waals surface area (Å²) in [5, 5.41) is 23.2. The lowest BCUT2D eigenvalue weighted by Gasteiger charge is -2.14. The standard InChI is InChI=1S/C19H20N8O6.ClH/c20-19-26-15-14(17(31)27(19)21)24-11(8-23-15)7-22-10-3-1-9(2-4-10)16(30)25-12(18(32)33)5-6-13(28)29;/h1-4,8,12,22H,5-7,21H2,(H,25,30)(H,28,29)(H,32,33)(H2,20,23,26);1H. The number of hydrogen-bond acceptors (Lipinski definition) is 10. The predicted octanol–water partition coefficient (Wildman–Crippen LogP) is -0.436. The number of nitrogen functional groups attached to an aromatic ring is 2. The average molecular weight is 493 g/mol. The topological polar surface area (TPSA) is 228 Å². The fourth-order valence-electron chi connectivity index (χ4n) is 2.81. The average Bonchev–Trinajstić information content (AvgIpc) is 2.79. The maximum atomic E-state index is 12.3. The second-order valence-corrected chi connectivity index (χ2v) is 6.91. The number of carbonyl (C=O) groups is 3. The van der Waals surface area contributed by atoms with E-state index >= 15 is 0 Å². The zero-order valence-corrected chi connectivity index (χ0v) is 18.3. The summed E-state index contributed by atoms with van der Waals surface area (Å²) in [4.78, 5) is 58.5. The number of fused-ring (bicyclic) bond motifs is 1. The molecule has 15 heteroatoms. The summed E-state index contributed by atoms with van der Waals surface area (Å²) in [6, 6.07) is 4.80. The Labute approximate surface area is 197 Å². The molecular weight excluding hydrogens is 472 g/mol. The van der Waals surface area contributed by atoms with E-state index in [1.807, 2.05) is 0 Å². The van der Waals surface area contributed by atoms with E-state index in [4.69, 9.17) is 21.8 Å². The fraction of sp³-hybridized carbons (Fsp3) is 0.211. The number of anilines is 2. The van der Waals surface area contributed by atoms with Crippen molar-refractivity contribution < 1.29 is 24.6 Å². The quantitative estimate of drug-likeness (QED) is 0.209. The van der Waals surface area contributed by atoms with Gasteiger partial charge in [0, 0.05) is 17.7 Å². The number of aliphatic carboxylic acids is 2. The second-order valence-electron chi connectivity index (χ2n) is 6.91. The molecule has 1 atom stereocenters. The number of carbonyl (C=O) groups excluding carboxylic acids is 1. The van der Waals surface area contributed by atoms with Crippen molar-refractivity contribution in [2.45, 2.75) is 25.4 Å². The molecule has 0 radical (unpaired) electrons. The van der Waals surface area contributed by atoms with E-state index in [1.54, 1.807) is 12.1 Å². The first kappa shape index (κ1) is 25.8. The van der Waals surface area contributed by atoms with Crippen LogP contribution in [0.15, 0.2) is 35.3 Å². The third-order valence-electron chi connectivity index (χ3n) is 4.56. The molecule has 0 bridgehead atoms. The predicted molar refractivity (Wildman–Crippen MR) is 123 cm³/mol. The highest BCUT2D eigenvalue weighted by atomic mass is 35.5. The van der Waals surface area contributed by atoms with E-state index in [9.17, 15) is 19.2 Å². The summed E-state index contributed by atoms with van der Waals surface area (Å²) >= 11 is 0. The van der Waals surface area contributed by atoms with Crippen molar-refractivity contribution in [2.24, 2.45) is 0 Å². The van der Waals surface area contributed by atoms with Gasteiger partial charge in [0.05, 0.1) is 18.4 Å². The van der Waals surface area contributed by atoms with Gasteiger partial charge in [-0.15, -0.1) is 12.4 Å². The van der Waals surface area contributed by atoms with Gasteiger partial charge in [-0.25, -0.2) is 14.8 Å². The lowest BCUT2D eigenvalue weighted by atomic mass is 10.1. The number of halogens is 1. The molecule has 1 amide bonds. The summed E-state index contributed by atoms with van der Waals surface area (Å²) in [6.07, 6.45) is 0.799. The highest BCUT2D eigenvalue weighted by Crippen LogP contribution is 2.12. The highest BCUT2D eigenvalue weighted by molar-refractivity contribution is 5.96. The smallest absolute Gasteiger partial charge is 0.326 e. The van der Waals surface area contributed by atoms with E-state index in [-0.39, 0.29) is 54.5 Å². The zero-order valence-electron chi connectivity index (χ0n) is 17.5. The number of nitrogens with one attached hydrogen (secondary N) is 2. The molecule has 0 saturated heterocycles. The molecule has 34 heavy (non-hydrogen) atoms. The van der Waals surface area contributed by atoms with E-state index < -0.39 is 29.4 Å². The van der Waals surface area contributed by atoms with Gasteiger partial charge in [-0.3, -0.25) is 14.4 Å². The van der Waals surface area contributed by atoms with Crippen LogP contribution in [0.5, 0.6) is 0 Å². The molecule has 3 rings (SSSR count). The molecule has 0 fully saturated rings. The van der Waals surface area contributed by atoms with Crippen LogP contribution < -0.4 is 27.8 Å². The number of nitrogens with zero attached hydrogens (tertiary/aromatic N) is 4. The van der Waals surface area contributed by atoms with E-state index in [1.165, 1.54) is 18.3 Å². The summed E-state index contributed by atoms with van der Waals surface area (Å²) in [6.45, 7) is 0.194. The minimum Gasteiger partial charge on any atom is -0.481 e. The molecule has 0 aliphatic rings. The molecule has 0 saturated carbocycles. The molecule has 1 unspecified atom stereocenters. The molecule has 180 valence electrons. The monoisotopic (exact) mass is 492 g/mol. The Morgan fingerprint density at radius 2 is 1.79 bits per heavy atom. The number of nitrogens with two attached hydrogens (primary N) is 2. The van der Waals surface area contributed by atoms with Gasteiger partial charge in [-0.1, -0.05) is 0 Å². The first-order chi connectivity index (χ1) is 15.7. The maximum Gasteiger partial charge on any atom is 0.326 e. The lowest BCUT2D eigenvalue weighted by molar-refractivity contribution is -0.140. The maximum absolute atomic E-state index is 12.3. The Balaban J connectivity index is 0.00000408. The number of carboxylic acids is 2. The molecule has 1 aromatic carbocycles. The van der Waals surface area contributed by atoms with Crippen LogP contribution in [0.4, 0.5) is 11.6 Å². The molecule has 0 aliphatic carbocycles. The minimum absolute atomic E-state index is 0. The highest BCUT2D eigenvalue weighted by Gasteiger charge is 2.21. The number of carboxylic acid groups (broad SMARTS) is 2. The van der Waals surface area contributed by atoms with Crippen molar-refractivity contribution in [3.05, 3.63) is 52.1 Å². The van der Waals surface area contributed by atoms with Crippen LogP contribution in [0.25, 0.3) is 11.2 Å². The zero-order chi connectivity index (χ0) is 24.1. The molecular formula is C19H21ClN8O6. The van der Waals surface area contributed by atoms with Gasteiger partial charge in [0.2, 0.25) is 5.95 Å². The van der Waals surface area contributed by atoms with Crippen molar-refractivity contribution in [3.63, 3.8) is 0 Å². The van der Waals surface area contributed by atoms with Gasteiger partial charge < -0.3 is 32.4 Å². The first-order valence-corrected chi connectivity index (χ1v) is 9.54. The third kappa shape index (κ3) is 6.07. The first-order valence-electron chi connectivity index (χ1n) is 9.54. The van der Waals surface area contributed by atoms with Gasteiger partial charge in [0.15, 0.2) is 11.2 Å². The Morgan fingerprint density at radius 1 is 1.12 bits per heavy atom. The fourth-order valence-corrected chi connectivity index (χ4v) is 2.81. The van der Waals surface area contributed by atoms with Gasteiger partial charge in [0.25, 0.3) is 5.91 Å². The van der Waals surface area contributed by atoms with E-state index in [2.05, 4.69) is 25.6 Å². The molecule has 0 spiro atoms. The van der Waals surface area contributed by atoms with Gasteiger partial charge in [0.1, 0.15) is 6.04 Å². The molecule has 8 N–H and O–H groups in total. The van der Waals surface area contributed by atoms with Crippen LogP contribution in [-0.4, -0.2) is 53.7 Å². The van der Waals surface area contributed by atoms with Crippen molar-refractivity contribution in [2.75, 3.05) is 16.9 Å². The van der Waals surface area contributed by atoms with Crippen LogP contribution in [0.2, 0.25) is 0 Å². The molecule has 14 nitrogen and oxygen atoms in total. The Hall–Kier alpha value is -4.46. The molecule has 0 aliphatic heterocycles. The van der Waals surface area contributed by atoms with E-state index in [0.29, 0.717) is 16.1 Å². The van der Waals surface area contributed by atoms with Crippen LogP contribution in [0, 0.1) is 0 Å².